The molecule has 0 radical (unpaired) electrons. The third-order valence-electron chi connectivity index (χ3n) is 7.43. The van der Waals surface area contributed by atoms with E-state index < -0.39 is 85.3 Å². The van der Waals surface area contributed by atoms with E-state index >= 15 is 0 Å². The summed E-state index contributed by atoms with van der Waals surface area (Å²) in [5.41, 5.74) is 0.117. The molecule has 2 saturated heterocycles. The number of fused-ring (bicyclic) bond motifs is 1. The lowest BCUT2D eigenvalue weighted by Gasteiger charge is -2.39. The van der Waals surface area contributed by atoms with Crippen LogP contribution in [0.15, 0.2) is 36.4 Å². The zero-order chi connectivity index (χ0) is 30.5. The summed E-state index contributed by atoms with van der Waals surface area (Å²) in [6, 6.07) is 8.01. The molecule has 15 nitrogen and oxygen atoms in total. The molecule has 11 atom stereocenters. The fourth-order valence-electron chi connectivity index (χ4n) is 5.01. The van der Waals surface area contributed by atoms with Crippen LogP contribution in [0.1, 0.15) is 22.8 Å². The van der Waals surface area contributed by atoms with Gasteiger partial charge in [0.15, 0.2) is 0 Å². The van der Waals surface area contributed by atoms with Gasteiger partial charge in [-0.1, -0.05) is 12.1 Å². The number of rotatable bonds is 7. The van der Waals surface area contributed by atoms with E-state index in [0.717, 1.165) is 12.1 Å². The van der Waals surface area contributed by atoms with Crippen molar-refractivity contribution in [3.8, 4) is 23.0 Å². The Labute approximate surface area is 238 Å². The maximum Gasteiger partial charge on any atom is 0.277 e. The van der Waals surface area contributed by atoms with Crippen LogP contribution in [-0.4, -0.2) is 126 Å². The molecule has 5 rings (SSSR count). The van der Waals surface area contributed by atoms with Gasteiger partial charge in [-0.05, 0) is 24.6 Å². The fourth-order valence-corrected chi connectivity index (χ4v) is 5.01. The number of phenols is 1. The summed E-state index contributed by atoms with van der Waals surface area (Å²) in [6.45, 7) is 0.795. The molecule has 3 aliphatic rings. The average molecular weight is 597 g/mol. The molecule has 0 bridgehead atoms. The minimum Gasteiger partial charge on any atom is -0.508 e. The molecular weight excluding hydrogens is 564 g/mol. The molecule has 0 amide bonds. The van der Waals surface area contributed by atoms with Crippen molar-refractivity contribution in [3.63, 3.8) is 0 Å². The summed E-state index contributed by atoms with van der Waals surface area (Å²) in [5.74, 6) is -4.19. The van der Waals surface area contributed by atoms with Gasteiger partial charge in [-0.2, -0.15) is 0 Å². The number of carbonyl (C=O) groups excluding carboxylic acids is 1. The number of aliphatic hydroxyl groups excluding tert-OH is 7. The number of phenolic OH excluding ortho intramolecular Hbond substituents is 1. The van der Waals surface area contributed by atoms with E-state index in [1.165, 1.54) is 31.2 Å². The predicted molar refractivity (Wildman–Crippen MR) is 136 cm³/mol. The van der Waals surface area contributed by atoms with Crippen LogP contribution in [0.2, 0.25) is 0 Å². The van der Waals surface area contributed by atoms with Crippen molar-refractivity contribution < 1.29 is 74.4 Å². The molecule has 0 aliphatic carbocycles. The van der Waals surface area contributed by atoms with Gasteiger partial charge in [0.05, 0.1) is 12.7 Å². The van der Waals surface area contributed by atoms with Gasteiger partial charge >= 0.3 is 0 Å². The normalized spacial score (nSPS) is 38.1. The quantitative estimate of drug-likeness (QED) is 0.158. The van der Waals surface area contributed by atoms with Crippen LogP contribution in [-0.2, 0) is 15.9 Å². The fraction of sp³-hybridized carbons (Fsp3) is 0.519. The molecule has 0 saturated carbocycles. The summed E-state index contributed by atoms with van der Waals surface area (Å²) in [5, 5.41) is 91.1. The van der Waals surface area contributed by atoms with Crippen LogP contribution in [0, 0.1) is 0 Å². The number of ketones is 1. The van der Waals surface area contributed by atoms with Crippen LogP contribution in [0.25, 0.3) is 0 Å². The third kappa shape index (κ3) is 5.51. The van der Waals surface area contributed by atoms with Gasteiger partial charge in [-0.3, -0.25) is 4.79 Å². The van der Waals surface area contributed by atoms with E-state index in [9.17, 15) is 50.8 Å². The summed E-state index contributed by atoms with van der Waals surface area (Å²) in [6.07, 6.45) is -14.9. The molecule has 0 aromatic heterocycles. The monoisotopic (exact) mass is 596 g/mol. The molecule has 9 N–H and O–H groups in total. The second-order valence-electron chi connectivity index (χ2n) is 10.5. The zero-order valence-corrected chi connectivity index (χ0v) is 22.1. The number of hydrogen-bond acceptors (Lipinski definition) is 15. The first-order valence-corrected chi connectivity index (χ1v) is 13.1. The van der Waals surface area contributed by atoms with Gasteiger partial charge in [-0.25, -0.2) is 0 Å². The lowest BCUT2D eigenvalue weighted by molar-refractivity contribution is -0.277. The Morgan fingerprint density at radius 2 is 1.45 bits per heavy atom. The van der Waals surface area contributed by atoms with Crippen LogP contribution >= 0.6 is 0 Å². The second kappa shape index (κ2) is 11.5. The first-order valence-electron chi connectivity index (χ1n) is 13.1. The van der Waals surface area contributed by atoms with Crippen LogP contribution < -0.4 is 14.2 Å². The van der Waals surface area contributed by atoms with Crippen LogP contribution in [0.4, 0.5) is 0 Å². The average Bonchev–Trinajstić information content (AvgIpc) is 3.20. The van der Waals surface area contributed by atoms with Crippen molar-refractivity contribution in [2.75, 3.05) is 6.61 Å². The van der Waals surface area contributed by atoms with Crippen molar-refractivity contribution in [2.24, 2.45) is 0 Å². The molecule has 42 heavy (non-hydrogen) atoms. The van der Waals surface area contributed by atoms with Gasteiger partial charge in [0.25, 0.3) is 5.79 Å². The second-order valence-corrected chi connectivity index (χ2v) is 10.5. The smallest absolute Gasteiger partial charge is 0.277 e. The Morgan fingerprint density at radius 1 is 0.833 bits per heavy atom. The molecule has 11 unspecified atom stereocenters. The van der Waals surface area contributed by atoms with Crippen LogP contribution in [0.3, 0.4) is 0 Å². The molecule has 0 spiro atoms. The summed E-state index contributed by atoms with van der Waals surface area (Å²) < 4.78 is 27.4. The van der Waals surface area contributed by atoms with Crippen molar-refractivity contribution in [2.45, 2.75) is 80.5 Å². The molecule has 2 aromatic rings. The zero-order valence-electron chi connectivity index (χ0n) is 22.1. The Kier molecular flexibility index (Phi) is 8.34. The minimum atomic E-state index is -2.44. The van der Waals surface area contributed by atoms with Crippen molar-refractivity contribution in [1.29, 1.82) is 0 Å². The number of aliphatic hydroxyl groups is 8. The standard InChI is InChI=1S/C27H32O15/c1-10-18(30)20(32)22(34)25(38-10)39-13-4-2-11(3-5-13)8-27(37)24(36)17-14(6-12(29)7-15(17)42-27)40-26-23(35)21(33)19(31)16(9-28)41-26/h2-7,10,16,18-23,25-26,28-35,37H,8-9H2,1H3. The van der Waals surface area contributed by atoms with Crippen molar-refractivity contribution in [3.05, 3.63) is 47.5 Å². The molecule has 3 aliphatic heterocycles. The first kappa shape index (κ1) is 30.4. The lowest BCUT2D eigenvalue weighted by Crippen LogP contribution is -2.60. The largest absolute Gasteiger partial charge is 0.508 e. The summed E-state index contributed by atoms with van der Waals surface area (Å²) >= 11 is 0. The highest BCUT2D eigenvalue weighted by Gasteiger charge is 2.50. The van der Waals surface area contributed by atoms with E-state index in [0.29, 0.717) is 5.56 Å². The van der Waals surface area contributed by atoms with Crippen molar-refractivity contribution >= 4 is 5.78 Å². The number of hydrogen-bond donors (Lipinski definition) is 9. The Bertz CT molecular complexity index is 1290. The SMILES string of the molecule is CC1OC(Oc2ccc(CC3(O)Oc4cc(O)cc(OC5OC(CO)C(O)C(O)C5O)c4C3=O)cc2)C(O)C(O)C1O. The molecule has 3 heterocycles. The van der Waals surface area contributed by atoms with E-state index in [4.69, 9.17) is 23.7 Å². The topological polar surface area (TPSA) is 245 Å². The van der Waals surface area contributed by atoms with Crippen LogP contribution in [0.5, 0.6) is 23.0 Å². The van der Waals surface area contributed by atoms with Gasteiger partial charge < -0.3 is 69.6 Å². The highest BCUT2D eigenvalue weighted by molar-refractivity contribution is 6.09. The molecule has 2 fully saturated rings. The maximum atomic E-state index is 13.4. The Hall–Kier alpha value is -3.09. The van der Waals surface area contributed by atoms with E-state index in [2.05, 4.69) is 0 Å². The molecular formula is C27H32O15. The highest BCUT2D eigenvalue weighted by Crippen LogP contribution is 2.44. The Morgan fingerprint density at radius 3 is 2.10 bits per heavy atom. The molecule has 230 valence electrons. The molecule has 15 heteroatoms. The third-order valence-corrected chi connectivity index (χ3v) is 7.43. The van der Waals surface area contributed by atoms with E-state index in [-0.39, 0.29) is 29.2 Å². The predicted octanol–water partition coefficient (Wildman–Crippen LogP) is -2.72. The van der Waals surface area contributed by atoms with Gasteiger partial charge in [0, 0.05) is 18.6 Å². The van der Waals surface area contributed by atoms with E-state index in [1.54, 1.807) is 0 Å². The number of ether oxygens (including phenoxy) is 5. The van der Waals surface area contributed by atoms with E-state index in [1.807, 2.05) is 0 Å². The van der Waals surface area contributed by atoms with Gasteiger partial charge in [-0.15, -0.1) is 0 Å². The first-order chi connectivity index (χ1) is 19.8. The number of aromatic hydroxyl groups is 1. The maximum absolute atomic E-state index is 13.4. The van der Waals surface area contributed by atoms with Crippen molar-refractivity contribution in [1.82, 2.24) is 0 Å². The molecule has 2 aromatic carbocycles. The highest BCUT2D eigenvalue weighted by atomic mass is 16.7. The van der Waals surface area contributed by atoms with Gasteiger partial charge in [0.1, 0.15) is 71.3 Å². The lowest BCUT2D eigenvalue weighted by atomic mass is 9.97. The Balaban J connectivity index is 1.30. The summed E-state index contributed by atoms with van der Waals surface area (Å²) in [4.78, 5) is 13.4. The number of carbonyl (C=O) groups is 1. The van der Waals surface area contributed by atoms with Gasteiger partial charge in [0.2, 0.25) is 18.4 Å². The summed E-state index contributed by atoms with van der Waals surface area (Å²) in [7, 11) is 0. The number of Topliss-reactive ketones (excluding diaryl/α,β-unsaturated/α-hetero) is 1. The minimum absolute atomic E-state index is 0.215. The number of benzene rings is 2.